The second-order valence-electron chi connectivity index (χ2n) is 3.81. The highest BCUT2D eigenvalue weighted by Crippen LogP contribution is 2.10. The maximum atomic E-state index is 11.5. The molecule has 3 heteroatoms. The van der Waals surface area contributed by atoms with Crippen LogP contribution in [0.15, 0.2) is 0 Å². The number of hydrogen-bond donors (Lipinski definition) is 2. The van der Waals surface area contributed by atoms with Crippen molar-refractivity contribution in [2.24, 2.45) is 17.6 Å². The van der Waals surface area contributed by atoms with E-state index in [1.807, 2.05) is 0 Å². The first kappa shape index (κ1) is 13.0. The van der Waals surface area contributed by atoms with Gasteiger partial charge in [-0.15, -0.1) is 12.3 Å². The van der Waals surface area contributed by atoms with E-state index in [1.54, 1.807) is 0 Å². The number of carbonyl (C=O) groups is 1. The zero-order chi connectivity index (χ0) is 11.0. The third kappa shape index (κ3) is 5.60. The van der Waals surface area contributed by atoms with Gasteiger partial charge >= 0.3 is 0 Å². The lowest BCUT2D eigenvalue weighted by molar-refractivity contribution is -0.125. The van der Waals surface area contributed by atoms with E-state index in [4.69, 9.17) is 12.2 Å². The Balaban J connectivity index is 3.87. The molecule has 14 heavy (non-hydrogen) atoms. The van der Waals surface area contributed by atoms with Crippen molar-refractivity contribution in [3.63, 3.8) is 0 Å². The van der Waals surface area contributed by atoms with E-state index in [-0.39, 0.29) is 11.8 Å². The van der Waals surface area contributed by atoms with Crippen LogP contribution < -0.4 is 11.1 Å². The molecule has 0 rings (SSSR count). The molecule has 0 aromatic carbocycles. The Morgan fingerprint density at radius 2 is 2.21 bits per heavy atom. The summed E-state index contributed by atoms with van der Waals surface area (Å²) in [5.41, 5.74) is 5.53. The quantitative estimate of drug-likeness (QED) is 0.486. The van der Waals surface area contributed by atoms with Crippen LogP contribution in [0.2, 0.25) is 0 Å². The van der Waals surface area contributed by atoms with E-state index in [0.29, 0.717) is 25.4 Å². The minimum absolute atomic E-state index is 0.0245. The van der Waals surface area contributed by atoms with Gasteiger partial charge in [0.15, 0.2) is 0 Å². The van der Waals surface area contributed by atoms with Gasteiger partial charge in [-0.3, -0.25) is 4.79 Å². The maximum absolute atomic E-state index is 11.5. The lowest BCUT2D eigenvalue weighted by atomic mass is 9.96. The molecule has 0 saturated heterocycles. The van der Waals surface area contributed by atoms with E-state index >= 15 is 0 Å². The van der Waals surface area contributed by atoms with Crippen molar-refractivity contribution >= 4 is 5.91 Å². The van der Waals surface area contributed by atoms with Crippen molar-refractivity contribution in [2.75, 3.05) is 13.1 Å². The van der Waals surface area contributed by atoms with Crippen LogP contribution in [0, 0.1) is 24.2 Å². The van der Waals surface area contributed by atoms with E-state index in [0.717, 1.165) is 6.42 Å². The third-order valence-corrected chi connectivity index (χ3v) is 1.98. The normalized spacial score (nSPS) is 12.2. The predicted octanol–water partition coefficient (Wildman–Crippen LogP) is 0.747. The van der Waals surface area contributed by atoms with Crippen molar-refractivity contribution in [2.45, 2.75) is 26.7 Å². The minimum Gasteiger partial charge on any atom is -0.355 e. The third-order valence-electron chi connectivity index (χ3n) is 1.98. The van der Waals surface area contributed by atoms with Crippen LogP contribution in [0.1, 0.15) is 26.7 Å². The number of nitrogens with one attached hydrogen (secondary N) is 1. The fourth-order valence-corrected chi connectivity index (χ4v) is 1.28. The summed E-state index contributed by atoms with van der Waals surface area (Å²) in [6, 6.07) is 0. The van der Waals surface area contributed by atoms with E-state index in [1.165, 1.54) is 0 Å². The summed E-state index contributed by atoms with van der Waals surface area (Å²) in [6.07, 6.45) is 6.48. The Hall–Kier alpha value is -1.01. The SMILES string of the molecule is C#CCCNC(=O)C(CN)CC(C)C. The lowest BCUT2D eigenvalue weighted by Crippen LogP contribution is -2.36. The zero-order valence-electron chi connectivity index (χ0n) is 9.05. The maximum Gasteiger partial charge on any atom is 0.224 e. The molecule has 3 N–H and O–H groups in total. The Morgan fingerprint density at radius 1 is 1.57 bits per heavy atom. The van der Waals surface area contributed by atoms with Crippen LogP contribution in [0.4, 0.5) is 0 Å². The van der Waals surface area contributed by atoms with Crippen molar-refractivity contribution < 1.29 is 4.79 Å². The number of terminal acetylenes is 1. The molecule has 0 aliphatic rings. The van der Waals surface area contributed by atoms with E-state index in [2.05, 4.69) is 25.1 Å². The van der Waals surface area contributed by atoms with Gasteiger partial charge in [-0.05, 0) is 12.3 Å². The summed E-state index contributed by atoms with van der Waals surface area (Å²) in [5.74, 6) is 2.91. The van der Waals surface area contributed by atoms with Gasteiger partial charge in [0.25, 0.3) is 0 Å². The van der Waals surface area contributed by atoms with Gasteiger partial charge in [-0.25, -0.2) is 0 Å². The van der Waals surface area contributed by atoms with Crippen LogP contribution in [0.3, 0.4) is 0 Å². The molecule has 0 aliphatic carbocycles. The highest BCUT2D eigenvalue weighted by molar-refractivity contribution is 5.78. The van der Waals surface area contributed by atoms with Gasteiger partial charge in [0.2, 0.25) is 5.91 Å². The Bertz CT molecular complexity index is 206. The number of carbonyl (C=O) groups excluding carboxylic acids is 1. The van der Waals surface area contributed by atoms with Gasteiger partial charge < -0.3 is 11.1 Å². The Labute approximate surface area is 86.4 Å². The summed E-state index contributed by atoms with van der Waals surface area (Å²) in [5, 5.41) is 2.78. The molecule has 0 aliphatic heterocycles. The number of rotatable bonds is 6. The van der Waals surface area contributed by atoms with Crippen LogP contribution >= 0.6 is 0 Å². The van der Waals surface area contributed by atoms with Gasteiger partial charge in [0, 0.05) is 19.5 Å². The summed E-state index contributed by atoms with van der Waals surface area (Å²) < 4.78 is 0. The Morgan fingerprint density at radius 3 is 2.64 bits per heavy atom. The van der Waals surface area contributed by atoms with E-state index < -0.39 is 0 Å². The second-order valence-corrected chi connectivity index (χ2v) is 3.81. The molecule has 0 radical (unpaired) electrons. The average molecular weight is 196 g/mol. The summed E-state index contributed by atoms with van der Waals surface area (Å²) in [4.78, 5) is 11.5. The molecule has 0 fully saturated rings. The summed E-state index contributed by atoms with van der Waals surface area (Å²) in [6.45, 7) is 5.11. The molecule has 1 amide bonds. The average Bonchev–Trinajstić information content (AvgIpc) is 2.14. The molecule has 3 nitrogen and oxygen atoms in total. The first-order valence-electron chi connectivity index (χ1n) is 5.03. The molecule has 1 unspecified atom stereocenters. The zero-order valence-corrected chi connectivity index (χ0v) is 9.05. The first-order valence-corrected chi connectivity index (χ1v) is 5.03. The highest BCUT2D eigenvalue weighted by Gasteiger charge is 2.17. The van der Waals surface area contributed by atoms with Gasteiger partial charge in [-0.2, -0.15) is 0 Å². The van der Waals surface area contributed by atoms with E-state index in [9.17, 15) is 4.79 Å². The van der Waals surface area contributed by atoms with Crippen LogP contribution in [0.5, 0.6) is 0 Å². The monoisotopic (exact) mass is 196 g/mol. The largest absolute Gasteiger partial charge is 0.355 e. The van der Waals surface area contributed by atoms with Crippen molar-refractivity contribution in [1.82, 2.24) is 5.32 Å². The number of hydrogen-bond acceptors (Lipinski definition) is 2. The molecule has 0 heterocycles. The summed E-state index contributed by atoms with van der Waals surface area (Å²) in [7, 11) is 0. The molecule has 0 aromatic rings. The summed E-state index contributed by atoms with van der Waals surface area (Å²) >= 11 is 0. The molecule has 1 atom stereocenters. The van der Waals surface area contributed by atoms with Gasteiger partial charge in [-0.1, -0.05) is 13.8 Å². The minimum atomic E-state index is -0.0761. The Kier molecular flexibility index (Phi) is 6.87. The fraction of sp³-hybridized carbons (Fsp3) is 0.727. The molecular weight excluding hydrogens is 176 g/mol. The smallest absolute Gasteiger partial charge is 0.224 e. The van der Waals surface area contributed by atoms with Crippen LogP contribution in [0.25, 0.3) is 0 Å². The van der Waals surface area contributed by atoms with Crippen LogP contribution in [-0.4, -0.2) is 19.0 Å². The molecule has 0 bridgehead atoms. The van der Waals surface area contributed by atoms with Crippen molar-refractivity contribution in [1.29, 1.82) is 0 Å². The molecular formula is C11H20N2O. The first-order chi connectivity index (χ1) is 6.61. The van der Waals surface area contributed by atoms with Crippen LogP contribution in [-0.2, 0) is 4.79 Å². The van der Waals surface area contributed by atoms with Crippen molar-refractivity contribution in [3.8, 4) is 12.3 Å². The standard InChI is InChI=1S/C11H20N2O/c1-4-5-6-13-11(14)10(8-12)7-9(2)3/h1,9-10H,5-8,12H2,2-3H3,(H,13,14). The molecule has 80 valence electrons. The molecule has 0 saturated carbocycles. The topological polar surface area (TPSA) is 55.1 Å². The second kappa shape index (κ2) is 7.40. The lowest BCUT2D eigenvalue weighted by Gasteiger charge is -2.16. The van der Waals surface area contributed by atoms with Crippen molar-refractivity contribution in [3.05, 3.63) is 0 Å². The fourth-order valence-electron chi connectivity index (χ4n) is 1.28. The number of amides is 1. The van der Waals surface area contributed by atoms with Gasteiger partial charge in [0.05, 0.1) is 5.92 Å². The number of nitrogens with two attached hydrogens (primary N) is 1. The predicted molar refractivity (Wildman–Crippen MR) is 58.5 cm³/mol. The van der Waals surface area contributed by atoms with Gasteiger partial charge in [0.1, 0.15) is 0 Å². The highest BCUT2D eigenvalue weighted by atomic mass is 16.1. The molecule has 0 aromatic heterocycles. The molecule has 0 spiro atoms.